The van der Waals surface area contributed by atoms with Gasteiger partial charge in [-0.3, -0.25) is 68.8 Å². The largest absolute Gasteiger partial charge is 0.472 e. The molecule has 13 rings (SSSR count). The van der Waals surface area contributed by atoms with E-state index in [9.17, 15) is 53.4 Å². The minimum atomic E-state index is -5.96. The fourth-order valence-corrected chi connectivity index (χ4v) is 22.9. The van der Waals surface area contributed by atoms with E-state index in [1.807, 2.05) is 6.92 Å². The third-order valence-corrected chi connectivity index (χ3v) is 30.7. The monoisotopic (exact) mass is 2230 g/mol. The number of nitrogens with one attached hydrogen (secondary N) is 1. The molecule has 67 heteroatoms. The molecule has 814 valence electrons. The number of aryl methyl sites for hydroxylation is 5. The number of rotatable bonds is 55. The van der Waals surface area contributed by atoms with Gasteiger partial charge >= 0.3 is 64.3 Å². The summed E-state index contributed by atoms with van der Waals surface area (Å²) in [5.74, 6) is -0.630. The first-order chi connectivity index (χ1) is 69.3. The number of hydrogen-bond donors (Lipinski definition) is 12. The van der Waals surface area contributed by atoms with Crippen molar-refractivity contribution in [1.82, 2.24) is 67.3 Å². The van der Waals surface area contributed by atoms with Crippen LogP contribution in [0.2, 0.25) is 0 Å². The Labute approximate surface area is 846 Å². The van der Waals surface area contributed by atoms with Crippen LogP contribution in [0.4, 0.5) is 29.1 Å². The van der Waals surface area contributed by atoms with Crippen molar-refractivity contribution in [3.05, 3.63) is 134 Å². The van der Waals surface area contributed by atoms with Gasteiger partial charge < -0.3 is 143 Å². The maximum Gasteiger partial charge on any atom is 0.472 e. The molecule has 0 spiro atoms. The van der Waals surface area contributed by atoms with Crippen LogP contribution in [-0.2, 0) is 158 Å². The number of ether oxygens (including phenoxy) is 16. The van der Waals surface area contributed by atoms with E-state index in [0.29, 0.717) is 18.4 Å². The van der Waals surface area contributed by atoms with E-state index in [-0.39, 0.29) is 128 Å². The Bertz CT molecular complexity index is 6280. The molecular weight excluding hydrogens is 2110 g/mol. The van der Waals surface area contributed by atoms with Crippen molar-refractivity contribution < 1.29 is 159 Å². The van der Waals surface area contributed by atoms with E-state index < -0.39 is 251 Å². The van der Waals surface area contributed by atoms with Crippen molar-refractivity contribution in [3.8, 4) is 0 Å². The van der Waals surface area contributed by atoms with Crippen LogP contribution in [0.1, 0.15) is 104 Å². The first kappa shape index (κ1) is 116. The van der Waals surface area contributed by atoms with E-state index >= 15 is 13.7 Å². The Morgan fingerprint density at radius 1 is 0.418 bits per heavy atom. The summed E-state index contributed by atoms with van der Waals surface area (Å²) in [5, 5.41) is 11.9. The highest BCUT2D eigenvalue weighted by atomic mass is 32.7. The van der Waals surface area contributed by atoms with Crippen molar-refractivity contribution in [2.75, 3.05) is 163 Å². The highest BCUT2D eigenvalue weighted by Crippen LogP contribution is 2.60. The van der Waals surface area contributed by atoms with Crippen LogP contribution >= 0.6 is 48.1 Å². The Morgan fingerprint density at radius 2 is 0.781 bits per heavy atom. The van der Waals surface area contributed by atoms with Crippen LogP contribution in [0.5, 0.6) is 0 Å². The number of unbranched alkanes of at least 4 members (excludes halogenated alkanes) is 2. The quantitative estimate of drug-likeness (QED) is 0.0140. The fraction of sp³-hybridized carbons (Fsp3) is 0.684. The number of nitrogens with zero attached hydrogens (tertiary/aromatic N) is 13. The fourth-order valence-electron chi connectivity index (χ4n) is 16.6. The number of hydrogen-bond acceptors (Lipinski definition) is 50. The third-order valence-electron chi connectivity index (χ3n) is 23.9. The summed E-state index contributed by atoms with van der Waals surface area (Å²) < 4.78 is 209. The van der Waals surface area contributed by atoms with E-state index in [0.717, 1.165) is 37.3 Å². The summed E-state index contributed by atoms with van der Waals surface area (Å²) in [6.45, 7) is -12.4. The highest BCUT2D eigenvalue weighted by Gasteiger charge is 2.59. The number of nitrogen functional groups attached to an aromatic ring is 5. The van der Waals surface area contributed by atoms with Crippen LogP contribution in [0.15, 0.2) is 72.4 Å². The molecule has 28 atom stereocenters. The van der Waals surface area contributed by atoms with Crippen molar-refractivity contribution in [1.29, 1.82) is 0 Å². The molecule has 0 radical (unpaired) electrons. The molecule has 59 nitrogen and oxygen atoms in total. The molecular formula is C79H120N19O40P5S3. The van der Waals surface area contributed by atoms with Gasteiger partial charge in [0.25, 0.3) is 5.56 Å². The lowest BCUT2D eigenvalue weighted by Gasteiger charge is -2.30. The average molecular weight is 2230 g/mol. The lowest BCUT2D eigenvalue weighted by Crippen LogP contribution is -2.42. The number of methoxy groups -OCH3 is 5. The smallest absolute Gasteiger partial charge is 0.387 e. The molecule has 16 N–H and O–H groups in total. The number of aromatic nitrogens is 14. The number of phosphoric acid groups is 2. The van der Waals surface area contributed by atoms with Crippen molar-refractivity contribution >= 4 is 112 Å². The molecule has 7 aromatic rings. The summed E-state index contributed by atoms with van der Waals surface area (Å²) in [5.41, 5.74) is 26.0. The summed E-state index contributed by atoms with van der Waals surface area (Å²) in [6, 6.07) is 0. The van der Waals surface area contributed by atoms with Gasteiger partial charge in [-0.2, -0.15) is 19.9 Å². The molecule has 6 aliphatic heterocycles. The molecule has 11 unspecified atom stereocenters. The molecule has 0 aliphatic carbocycles. The number of anilines is 5. The summed E-state index contributed by atoms with van der Waals surface area (Å²) >= 11 is 15.8. The zero-order valence-corrected chi connectivity index (χ0v) is 87.7. The summed E-state index contributed by atoms with van der Waals surface area (Å²) in [7, 11) is -5.11. The van der Waals surface area contributed by atoms with Crippen LogP contribution in [0, 0.1) is 34.6 Å². The molecule has 7 aromatic heterocycles. The molecule has 146 heavy (non-hydrogen) atoms. The first-order valence-electron chi connectivity index (χ1n) is 45.4. The Morgan fingerprint density at radius 3 is 1.22 bits per heavy atom. The Kier molecular flexibility index (Phi) is 40.6. The minimum Gasteiger partial charge on any atom is -0.387 e. The second kappa shape index (κ2) is 51.1. The number of H-pyrrole nitrogens is 1. The number of aromatic amines is 1. The highest BCUT2D eigenvalue weighted by molar-refractivity contribution is 8.44. The van der Waals surface area contributed by atoms with Crippen molar-refractivity contribution in [2.45, 2.75) is 215 Å². The van der Waals surface area contributed by atoms with Gasteiger partial charge in [0, 0.05) is 101 Å². The predicted octanol–water partition coefficient (Wildman–Crippen LogP) is 0.412. The van der Waals surface area contributed by atoms with Gasteiger partial charge in [-0.15, -0.1) is 0 Å². The normalized spacial score (nSPS) is 29.0. The topological polar surface area (TPSA) is 760 Å². The standard InChI is InChI=1S/C79H120N19O40P5S3/c1-12-13-14-15-44-45(26-51(128-44)93-27-39(2)63(80)88-75(93)101)134-141(110,144)126-35-49-55(60(120-23-18-115-9)72(132-49)97-31-43(6)69(100)92-79(97)105)136-139(106,107)123-33-47-54(59(119-22-17-114-8)71(130-47)94-28-40(3)64(81)89-76(94)102)135-140(108,109)124-34-48-56(61(121-24-19-116-10)73(131-48)95-29-41(4)65(82)90-77(95)103)137-143(112,146)127-36-50-57(62(122-25-20-117-11)74(133-50)96-30-42(5)66(83)91-78(96)104)138-142(111,145)125-32-46-53(99)58(118-21-16-113-7)70(129-46)98-38-87-52-67(84)85-37-86-68(52)98/h27-31,37-38,44-51,53-62,70-74,99H,12-26,32-36H2,1-11H3,(H,106,107)(H,108,109)(H,110,144)(H,111,145)(H,112,146)(H2,80,88,101)(H2,81,89,102)(H2,82,90,103)(H2,83,91,104)(H2,84,85,86)(H,92,100,105)/t44-,45-,46-,47-,48-,49-,50-,51-,53?,54?,55?,56?,57?,58+,59+,60+,61+,62+,70-,71?,72-,73-,74-,141?,142?,143?/m1/s1. The van der Waals surface area contributed by atoms with E-state index in [4.69, 9.17) is 173 Å². The Hall–Kier alpha value is -7.15. The van der Waals surface area contributed by atoms with Crippen molar-refractivity contribution in [3.63, 3.8) is 0 Å². The second-order valence-electron chi connectivity index (χ2n) is 34.1. The predicted molar refractivity (Wildman–Crippen MR) is 516 cm³/mol. The van der Waals surface area contributed by atoms with Gasteiger partial charge in [0.15, 0.2) is 42.6 Å². The van der Waals surface area contributed by atoms with Gasteiger partial charge in [0.2, 0.25) is 0 Å². The third kappa shape index (κ3) is 28.7. The number of aliphatic hydroxyl groups excluding tert-OH is 1. The SMILES string of the molecule is CCCCC[C@H]1O[C@@H](n2cc(C)c(N)nc2=O)C[C@H]1OP(O)(=S)OC[C@H]1O[C@@H](n2cc(C)c(=O)[nH]c2=O)[C@@H](OCCOC)C1OP(=O)(O)OC[C@H]1OC(n2cc(C)c(N)nc2=O)[C@@H](OCCOC)C1OP(=O)(O)OC[C@H]1O[C@@H](n2cc(C)c(N)nc2=O)[C@@H](OCCOC)C1OP(=O)(S)OC[C@H]1O[C@@H](n2cc(C)c(N)nc2=O)[C@@H](OCCOC)C1OP(O)(=S)OC[C@H]1O[C@@H](n2cnc3c(N)ncnc32)[C@@H](OCCOC)C1O. The van der Waals surface area contributed by atoms with Gasteiger partial charge in [-0.25, -0.2) is 52.6 Å². The molecule has 6 fully saturated rings. The van der Waals surface area contributed by atoms with Gasteiger partial charge in [-0.05, 0) is 64.7 Å². The van der Waals surface area contributed by atoms with Gasteiger partial charge in [0.1, 0.15) is 133 Å². The zero-order chi connectivity index (χ0) is 106. The number of imidazole rings is 1. The van der Waals surface area contributed by atoms with E-state index in [1.165, 1.54) is 110 Å². The average Bonchev–Trinajstić information content (AvgIpc) is 1.61. The Balaban J connectivity index is 0.794. The number of thiol groups is 1. The van der Waals surface area contributed by atoms with Crippen LogP contribution in [0.3, 0.4) is 0 Å². The van der Waals surface area contributed by atoms with Crippen LogP contribution in [-0.4, -0.2) is 330 Å². The lowest BCUT2D eigenvalue weighted by molar-refractivity contribution is -0.0853. The van der Waals surface area contributed by atoms with Crippen LogP contribution < -0.4 is 62.7 Å². The van der Waals surface area contributed by atoms with E-state index in [1.54, 1.807) is 6.92 Å². The zero-order valence-electron chi connectivity index (χ0n) is 80.7. The molecule has 13 heterocycles. The number of phosphoric ester groups is 2. The summed E-state index contributed by atoms with van der Waals surface area (Å²) in [4.78, 5) is 162. The maximum absolute atomic E-state index is 15.6. The van der Waals surface area contributed by atoms with Crippen LogP contribution in [0.25, 0.3) is 11.2 Å². The minimum absolute atomic E-state index is 0.00878. The molecule has 0 aromatic carbocycles. The van der Waals surface area contributed by atoms with Gasteiger partial charge in [0.05, 0.1) is 118 Å². The lowest BCUT2D eigenvalue weighted by atomic mass is 10.1. The molecule has 0 amide bonds. The van der Waals surface area contributed by atoms with E-state index in [2.05, 4.69) is 52.1 Å². The summed E-state index contributed by atoms with van der Waals surface area (Å²) in [6.07, 6.45) is -26.1. The molecule has 6 saturated heterocycles. The molecule has 0 saturated carbocycles. The second-order valence-corrected chi connectivity index (χ2v) is 45.4. The number of fused-ring (bicyclic) bond motifs is 1. The van der Waals surface area contributed by atoms with Crippen molar-refractivity contribution in [2.24, 2.45) is 0 Å². The number of nitrogens with two attached hydrogens (primary N) is 5. The molecule has 6 aliphatic rings. The first-order valence-corrected chi connectivity index (χ1v) is 56.3. The maximum atomic E-state index is 15.6. The van der Waals surface area contributed by atoms with Gasteiger partial charge in [-0.1, -0.05) is 38.4 Å². The number of aliphatic hydroxyl groups is 1. The molecule has 0 bridgehead atoms.